The second-order valence-electron chi connectivity index (χ2n) is 6.57. The van der Waals surface area contributed by atoms with Gasteiger partial charge in [0.1, 0.15) is 0 Å². The summed E-state index contributed by atoms with van der Waals surface area (Å²) in [5.74, 6) is 1.39. The Labute approximate surface area is 144 Å². The van der Waals surface area contributed by atoms with Crippen LogP contribution in [0.2, 0.25) is 0 Å². The van der Waals surface area contributed by atoms with Gasteiger partial charge in [0.2, 0.25) is 5.88 Å². The molecular weight excluding hydrogens is 300 g/mol. The molecule has 0 aliphatic carbocycles. The fraction of sp³-hybridized carbons (Fsp3) is 0.400. The largest absolute Gasteiger partial charge is 0.477 e. The van der Waals surface area contributed by atoms with E-state index in [2.05, 4.69) is 37.7 Å². The minimum Gasteiger partial charge on any atom is -0.477 e. The van der Waals surface area contributed by atoms with Crippen LogP contribution < -0.4 is 9.47 Å². The van der Waals surface area contributed by atoms with Gasteiger partial charge in [0.15, 0.2) is 0 Å². The summed E-state index contributed by atoms with van der Waals surface area (Å²) in [5.41, 5.74) is 1.89. The van der Waals surface area contributed by atoms with Gasteiger partial charge in [0, 0.05) is 6.07 Å². The van der Waals surface area contributed by atoms with Crippen molar-refractivity contribution in [2.45, 2.75) is 27.7 Å². The van der Waals surface area contributed by atoms with Crippen LogP contribution in [0.3, 0.4) is 0 Å². The second kappa shape index (κ2) is 9.06. The third-order valence-corrected chi connectivity index (χ3v) is 3.06. The molecule has 2 rings (SSSR count). The molecule has 128 valence electrons. The van der Waals surface area contributed by atoms with Crippen molar-refractivity contribution >= 4 is 12.2 Å². The van der Waals surface area contributed by atoms with Crippen molar-refractivity contribution in [2.24, 2.45) is 11.8 Å². The molecule has 0 aliphatic rings. The van der Waals surface area contributed by atoms with Gasteiger partial charge in [-0.05, 0) is 23.5 Å². The average molecular weight is 326 g/mol. The standard InChI is InChI=1S/C20H26N2O2/c1-15(2)13-23-19-12-18(11-10-17-8-6-5-7-9-17)21-20(22-19)24-14-16(3)4/h5-12,15-16H,13-14H2,1-4H3/b11-10+. The zero-order valence-electron chi connectivity index (χ0n) is 14.9. The SMILES string of the molecule is CC(C)COc1cc(/C=C/c2ccccc2)nc(OCC(C)C)n1. The monoisotopic (exact) mass is 326 g/mol. The summed E-state index contributed by atoms with van der Waals surface area (Å²) in [6, 6.07) is 12.3. The van der Waals surface area contributed by atoms with Gasteiger partial charge in [-0.3, -0.25) is 0 Å². The van der Waals surface area contributed by atoms with Crippen LogP contribution in [0.4, 0.5) is 0 Å². The maximum absolute atomic E-state index is 5.74. The zero-order valence-corrected chi connectivity index (χ0v) is 14.9. The minimum atomic E-state index is 0.359. The molecule has 1 aromatic carbocycles. The Morgan fingerprint density at radius 2 is 1.54 bits per heavy atom. The average Bonchev–Trinajstić information content (AvgIpc) is 2.57. The lowest BCUT2D eigenvalue weighted by molar-refractivity contribution is 0.232. The van der Waals surface area contributed by atoms with Crippen molar-refractivity contribution < 1.29 is 9.47 Å². The molecule has 0 amide bonds. The highest BCUT2D eigenvalue weighted by molar-refractivity contribution is 5.68. The molecule has 0 N–H and O–H groups in total. The van der Waals surface area contributed by atoms with Gasteiger partial charge >= 0.3 is 6.01 Å². The van der Waals surface area contributed by atoms with E-state index < -0.39 is 0 Å². The van der Waals surface area contributed by atoms with E-state index >= 15 is 0 Å². The highest BCUT2D eigenvalue weighted by atomic mass is 16.5. The number of aromatic nitrogens is 2. The molecule has 0 bridgehead atoms. The fourth-order valence-corrected chi connectivity index (χ4v) is 1.88. The maximum atomic E-state index is 5.74. The summed E-state index contributed by atoms with van der Waals surface area (Å²) < 4.78 is 11.4. The van der Waals surface area contributed by atoms with Gasteiger partial charge in [0.05, 0.1) is 18.9 Å². The van der Waals surface area contributed by atoms with E-state index in [-0.39, 0.29) is 0 Å². The Hall–Kier alpha value is -2.36. The van der Waals surface area contributed by atoms with Crippen LogP contribution in [0.5, 0.6) is 11.9 Å². The van der Waals surface area contributed by atoms with E-state index in [0.29, 0.717) is 36.9 Å². The van der Waals surface area contributed by atoms with Gasteiger partial charge in [-0.1, -0.05) is 64.1 Å². The Morgan fingerprint density at radius 1 is 0.875 bits per heavy atom. The van der Waals surface area contributed by atoms with Crippen molar-refractivity contribution in [3.8, 4) is 11.9 Å². The first-order valence-corrected chi connectivity index (χ1v) is 8.40. The first kappa shape index (κ1) is 18.0. The highest BCUT2D eigenvalue weighted by Gasteiger charge is 2.07. The molecular formula is C20H26N2O2. The molecule has 0 saturated heterocycles. The summed E-state index contributed by atoms with van der Waals surface area (Å²) in [5, 5.41) is 0. The summed E-state index contributed by atoms with van der Waals surface area (Å²) in [6.07, 6.45) is 3.96. The summed E-state index contributed by atoms with van der Waals surface area (Å²) >= 11 is 0. The van der Waals surface area contributed by atoms with Crippen LogP contribution in [0, 0.1) is 11.8 Å². The molecule has 0 atom stereocenters. The molecule has 0 fully saturated rings. The molecule has 4 nitrogen and oxygen atoms in total. The molecule has 0 aliphatic heterocycles. The van der Waals surface area contributed by atoms with E-state index in [1.165, 1.54) is 0 Å². The number of rotatable bonds is 8. The number of hydrogen-bond donors (Lipinski definition) is 0. The molecule has 0 spiro atoms. The van der Waals surface area contributed by atoms with Gasteiger partial charge in [-0.25, -0.2) is 0 Å². The summed E-state index contributed by atoms with van der Waals surface area (Å²) in [6.45, 7) is 9.59. The third kappa shape index (κ3) is 6.41. The van der Waals surface area contributed by atoms with E-state index in [1.54, 1.807) is 0 Å². The van der Waals surface area contributed by atoms with Crippen molar-refractivity contribution in [1.29, 1.82) is 0 Å². The highest BCUT2D eigenvalue weighted by Crippen LogP contribution is 2.17. The molecule has 0 saturated carbocycles. The lowest BCUT2D eigenvalue weighted by Crippen LogP contribution is -2.10. The van der Waals surface area contributed by atoms with Gasteiger partial charge < -0.3 is 9.47 Å². The minimum absolute atomic E-state index is 0.359. The molecule has 4 heteroatoms. The van der Waals surface area contributed by atoms with E-state index in [4.69, 9.17) is 9.47 Å². The Kier molecular flexibility index (Phi) is 6.79. The van der Waals surface area contributed by atoms with Gasteiger partial charge in [0.25, 0.3) is 0 Å². The van der Waals surface area contributed by atoms with Crippen molar-refractivity contribution in [1.82, 2.24) is 9.97 Å². The quantitative estimate of drug-likeness (QED) is 0.704. The Bertz CT molecular complexity index is 622. The molecule has 0 unspecified atom stereocenters. The smallest absolute Gasteiger partial charge is 0.320 e. The third-order valence-electron chi connectivity index (χ3n) is 3.06. The van der Waals surface area contributed by atoms with Crippen molar-refractivity contribution in [3.05, 3.63) is 47.7 Å². The number of nitrogens with zero attached hydrogens (tertiary/aromatic N) is 2. The Morgan fingerprint density at radius 3 is 2.21 bits per heavy atom. The zero-order chi connectivity index (χ0) is 17.4. The van der Waals surface area contributed by atoms with E-state index in [9.17, 15) is 0 Å². The van der Waals surface area contributed by atoms with Crippen LogP contribution in [0.25, 0.3) is 12.2 Å². The van der Waals surface area contributed by atoms with E-state index in [0.717, 1.165) is 11.3 Å². The van der Waals surface area contributed by atoms with Crippen LogP contribution in [0.15, 0.2) is 36.4 Å². The molecule has 1 aromatic heterocycles. The van der Waals surface area contributed by atoms with Crippen molar-refractivity contribution in [2.75, 3.05) is 13.2 Å². The predicted octanol–water partition coefficient (Wildman–Crippen LogP) is 4.72. The lowest BCUT2D eigenvalue weighted by atomic mass is 10.2. The van der Waals surface area contributed by atoms with Crippen LogP contribution in [-0.2, 0) is 0 Å². The van der Waals surface area contributed by atoms with Crippen LogP contribution in [0.1, 0.15) is 39.0 Å². The molecule has 0 radical (unpaired) electrons. The topological polar surface area (TPSA) is 44.2 Å². The summed E-state index contributed by atoms with van der Waals surface area (Å²) in [7, 11) is 0. The number of benzene rings is 1. The normalized spacial score (nSPS) is 11.4. The number of hydrogen-bond acceptors (Lipinski definition) is 4. The molecule has 24 heavy (non-hydrogen) atoms. The number of ether oxygens (including phenoxy) is 2. The predicted molar refractivity (Wildman–Crippen MR) is 98.1 cm³/mol. The summed E-state index contributed by atoms with van der Waals surface area (Å²) in [4.78, 5) is 8.79. The van der Waals surface area contributed by atoms with Gasteiger partial charge in [-0.2, -0.15) is 9.97 Å². The molecule has 2 aromatic rings. The first-order valence-electron chi connectivity index (χ1n) is 8.40. The fourth-order valence-electron chi connectivity index (χ4n) is 1.88. The van der Waals surface area contributed by atoms with E-state index in [1.807, 2.05) is 48.6 Å². The van der Waals surface area contributed by atoms with Crippen molar-refractivity contribution in [3.63, 3.8) is 0 Å². The maximum Gasteiger partial charge on any atom is 0.320 e. The first-order chi connectivity index (χ1) is 11.5. The second-order valence-corrected chi connectivity index (χ2v) is 6.57. The van der Waals surface area contributed by atoms with Gasteiger partial charge in [-0.15, -0.1) is 0 Å². The lowest BCUT2D eigenvalue weighted by Gasteiger charge is -2.11. The molecule has 1 heterocycles. The van der Waals surface area contributed by atoms with Crippen LogP contribution >= 0.6 is 0 Å². The van der Waals surface area contributed by atoms with Crippen LogP contribution in [-0.4, -0.2) is 23.2 Å². The Balaban J connectivity index is 2.19.